The highest BCUT2D eigenvalue weighted by atomic mass is 15.0. The molecule has 1 aliphatic carbocycles. The van der Waals surface area contributed by atoms with Crippen molar-refractivity contribution in [2.45, 2.75) is 38.8 Å². The smallest absolute Gasteiger partial charge is 0.0315 e. The number of rotatable bonds is 3. The Labute approximate surface area is 85.7 Å². The lowest BCUT2D eigenvalue weighted by Gasteiger charge is -2.36. The molecule has 3 atom stereocenters. The van der Waals surface area contributed by atoms with E-state index in [4.69, 9.17) is 0 Å². The van der Waals surface area contributed by atoms with E-state index in [2.05, 4.69) is 30.2 Å². The molecular formula is C12H18N2. The molecular weight excluding hydrogens is 172 g/mol. The molecule has 14 heavy (non-hydrogen) atoms. The summed E-state index contributed by atoms with van der Waals surface area (Å²) in [6.45, 7) is 4.53. The van der Waals surface area contributed by atoms with E-state index in [1.54, 1.807) is 0 Å². The van der Waals surface area contributed by atoms with Gasteiger partial charge < -0.3 is 5.32 Å². The molecule has 76 valence electrons. The Bertz CT molecular complexity index is 284. The topological polar surface area (TPSA) is 24.9 Å². The van der Waals surface area contributed by atoms with Crippen molar-refractivity contribution in [1.82, 2.24) is 10.3 Å². The molecule has 2 heteroatoms. The quantitative estimate of drug-likeness (QED) is 0.792. The molecule has 1 fully saturated rings. The lowest BCUT2D eigenvalue weighted by Crippen LogP contribution is -2.43. The fraction of sp³-hybridized carbons (Fsp3) is 0.583. The zero-order valence-corrected chi connectivity index (χ0v) is 8.90. The van der Waals surface area contributed by atoms with Crippen LogP contribution in [0.5, 0.6) is 0 Å². The van der Waals surface area contributed by atoms with E-state index in [0.717, 1.165) is 5.92 Å². The van der Waals surface area contributed by atoms with Crippen molar-refractivity contribution in [3.8, 4) is 0 Å². The minimum Gasteiger partial charge on any atom is -0.307 e. The summed E-state index contributed by atoms with van der Waals surface area (Å²) in [6.07, 6.45) is 6.46. The molecule has 0 bridgehead atoms. The molecule has 3 unspecified atom stereocenters. The number of hydrogen-bond acceptors (Lipinski definition) is 2. The monoisotopic (exact) mass is 190 g/mol. The van der Waals surface area contributed by atoms with Crippen LogP contribution >= 0.6 is 0 Å². The number of nitrogens with zero attached hydrogens (tertiary/aromatic N) is 1. The van der Waals surface area contributed by atoms with Crippen LogP contribution in [0.4, 0.5) is 0 Å². The molecule has 0 spiro atoms. The Morgan fingerprint density at radius 1 is 1.50 bits per heavy atom. The zero-order chi connectivity index (χ0) is 9.97. The average molecular weight is 190 g/mol. The van der Waals surface area contributed by atoms with Gasteiger partial charge in [-0.05, 0) is 37.3 Å². The SMILES string of the molecule is CC(NC1CCC1C)c1cccnc1. The van der Waals surface area contributed by atoms with Crippen LogP contribution in [0, 0.1) is 5.92 Å². The lowest BCUT2D eigenvalue weighted by molar-refractivity contribution is 0.214. The lowest BCUT2D eigenvalue weighted by atomic mass is 9.80. The van der Waals surface area contributed by atoms with E-state index in [9.17, 15) is 0 Å². The summed E-state index contributed by atoms with van der Waals surface area (Å²) < 4.78 is 0. The van der Waals surface area contributed by atoms with E-state index in [0.29, 0.717) is 12.1 Å². The van der Waals surface area contributed by atoms with Gasteiger partial charge in [0.2, 0.25) is 0 Å². The van der Waals surface area contributed by atoms with Gasteiger partial charge >= 0.3 is 0 Å². The number of pyridine rings is 1. The van der Waals surface area contributed by atoms with Gasteiger partial charge in [-0.15, -0.1) is 0 Å². The van der Waals surface area contributed by atoms with Crippen LogP contribution < -0.4 is 5.32 Å². The van der Waals surface area contributed by atoms with Crippen molar-refractivity contribution < 1.29 is 0 Å². The van der Waals surface area contributed by atoms with Gasteiger partial charge in [0.15, 0.2) is 0 Å². The second-order valence-electron chi connectivity index (χ2n) is 4.34. The highest BCUT2D eigenvalue weighted by Gasteiger charge is 2.27. The van der Waals surface area contributed by atoms with Crippen molar-refractivity contribution >= 4 is 0 Å². The second-order valence-corrected chi connectivity index (χ2v) is 4.34. The molecule has 1 aliphatic rings. The minimum atomic E-state index is 0.427. The first-order chi connectivity index (χ1) is 6.77. The Hall–Kier alpha value is -0.890. The summed E-state index contributed by atoms with van der Waals surface area (Å²) in [5, 5.41) is 3.64. The molecule has 1 aromatic rings. The van der Waals surface area contributed by atoms with Crippen LogP contribution in [-0.4, -0.2) is 11.0 Å². The van der Waals surface area contributed by atoms with Crippen molar-refractivity contribution in [3.63, 3.8) is 0 Å². The van der Waals surface area contributed by atoms with Gasteiger partial charge in [-0.2, -0.15) is 0 Å². The maximum Gasteiger partial charge on any atom is 0.0315 e. The Kier molecular flexibility index (Phi) is 2.82. The zero-order valence-electron chi connectivity index (χ0n) is 8.90. The largest absolute Gasteiger partial charge is 0.307 e. The van der Waals surface area contributed by atoms with Gasteiger partial charge in [0.25, 0.3) is 0 Å². The maximum absolute atomic E-state index is 4.14. The molecule has 0 amide bonds. The third-order valence-corrected chi connectivity index (χ3v) is 3.27. The molecule has 1 saturated carbocycles. The molecule has 2 rings (SSSR count). The molecule has 0 saturated heterocycles. The van der Waals surface area contributed by atoms with Gasteiger partial charge in [0, 0.05) is 24.5 Å². The molecule has 1 aromatic heterocycles. The van der Waals surface area contributed by atoms with Gasteiger partial charge in [0.05, 0.1) is 0 Å². The predicted octanol–water partition coefficient (Wildman–Crippen LogP) is 2.53. The number of hydrogen-bond donors (Lipinski definition) is 1. The third kappa shape index (κ3) is 1.95. The predicted molar refractivity (Wildman–Crippen MR) is 58.0 cm³/mol. The first kappa shape index (κ1) is 9.66. The first-order valence-corrected chi connectivity index (χ1v) is 5.43. The molecule has 1 N–H and O–H groups in total. The minimum absolute atomic E-state index is 0.427. The van der Waals surface area contributed by atoms with Gasteiger partial charge in [-0.3, -0.25) is 4.98 Å². The summed E-state index contributed by atoms with van der Waals surface area (Å²) in [7, 11) is 0. The van der Waals surface area contributed by atoms with E-state index in [1.807, 2.05) is 18.5 Å². The van der Waals surface area contributed by atoms with Crippen molar-refractivity contribution in [3.05, 3.63) is 30.1 Å². The molecule has 0 aliphatic heterocycles. The van der Waals surface area contributed by atoms with Gasteiger partial charge in [-0.1, -0.05) is 13.0 Å². The van der Waals surface area contributed by atoms with Crippen LogP contribution in [0.1, 0.15) is 38.3 Å². The normalized spacial score (nSPS) is 28.1. The molecule has 0 aromatic carbocycles. The van der Waals surface area contributed by atoms with E-state index >= 15 is 0 Å². The van der Waals surface area contributed by atoms with Crippen LogP contribution in [0.15, 0.2) is 24.5 Å². The maximum atomic E-state index is 4.14. The summed E-state index contributed by atoms with van der Waals surface area (Å²) in [6, 6.07) is 5.27. The summed E-state index contributed by atoms with van der Waals surface area (Å²) >= 11 is 0. The van der Waals surface area contributed by atoms with Crippen molar-refractivity contribution in [2.24, 2.45) is 5.92 Å². The van der Waals surface area contributed by atoms with E-state index < -0.39 is 0 Å². The first-order valence-electron chi connectivity index (χ1n) is 5.43. The Balaban J connectivity index is 1.92. The number of aromatic nitrogens is 1. The van der Waals surface area contributed by atoms with Crippen LogP contribution in [-0.2, 0) is 0 Å². The molecule has 0 radical (unpaired) electrons. The second kappa shape index (κ2) is 4.09. The third-order valence-electron chi connectivity index (χ3n) is 3.27. The van der Waals surface area contributed by atoms with Crippen molar-refractivity contribution in [2.75, 3.05) is 0 Å². The van der Waals surface area contributed by atoms with Gasteiger partial charge in [-0.25, -0.2) is 0 Å². The summed E-state index contributed by atoms with van der Waals surface area (Å²) in [4.78, 5) is 4.14. The van der Waals surface area contributed by atoms with Crippen molar-refractivity contribution in [1.29, 1.82) is 0 Å². The fourth-order valence-corrected chi connectivity index (χ4v) is 1.96. The fourth-order valence-electron chi connectivity index (χ4n) is 1.96. The Morgan fingerprint density at radius 2 is 2.36 bits per heavy atom. The van der Waals surface area contributed by atoms with E-state index in [1.165, 1.54) is 18.4 Å². The van der Waals surface area contributed by atoms with Crippen LogP contribution in [0.25, 0.3) is 0 Å². The molecule has 2 nitrogen and oxygen atoms in total. The van der Waals surface area contributed by atoms with E-state index in [-0.39, 0.29) is 0 Å². The summed E-state index contributed by atoms with van der Waals surface area (Å²) in [5.41, 5.74) is 1.28. The van der Waals surface area contributed by atoms with Gasteiger partial charge in [0.1, 0.15) is 0 Å². The Morgan fingerprint density at radius 3 is 2.86 bits per heavy atom. The highest BCUT2D eigenvalue weighted by Crippen LogP contribution is 2.28. The van der Waals surface area contributed by atoms with Crippen LogP contribution in [0.3, 0.4) is 0 Å². The van der Waals surface area contributed by atoms with Crippen LogP contribution in [0.2, 0.25) is 0 Å². The summed E-state index contributed by atoms with van der Waals surface area (Å²) in [5.74, 6) is 0.842. The number of nitrogens with one attached hydrogen (secondary N) is 1. The highest BCUT2D eigenvalue weighted by molar-refractivity contribution is 5.13. The molecule has 1 heterocycles. The average Bonchev–Trinajstić information content (AvgIpc) is 2.24. The standard InChI is InChI=1S/C12H18N2/c1-9-5-6-12(9)14-10(2)11-4-3-7-13-8-11/h3-4,7-10,12,14H,5-6H2,1-2H3.